The van der Waals surface area contributed by atoms with E-state index in [9.17, 15) is 0 Å². The molecule has 0 N–H and O–H groups in total. The minimum absolute atomic E-state index is 0.436. The lowest BCUT2D eigenvalue weighted by Crippen LogP contribution is -2.17. The molecule has 0 spiro atoms. The summed E-state index contributed by atoms with van der Waals surface area (Å²) in [4.78, 5) is 15.4. The molecule has 23 heavy (non-hydrogen) atoms. The second kappa shape index (κ2) is 7.35. The molecule has 1 fully saturated rings. The van der Waals surface area contributed by atoms with Gasteiger partial charge in [0, 0.05) is 9.64 Å². The molecule has 1 atom stereocenters. The van der Waals surface area contributed by atoms with E-state index in [0.29, 0.717) is 23.8 Å². The number of benzene rings is 2. The minimum Gasteiger partial charge on any atom is -0.493 e. The Morgan fingerprint density at radius 2 is 1.96 bits per heavy atom. The molecule has 0 aromatic heterocycles. The maximum atomic E-state index is 5.89. The third-order valence-corrected chi connectivity index (χ3v) is 4.02. The molecular formula is C16H16INO5. The minimum atomic E-state index is -0.471. The van der Waals surface area contributed by atoms with Gasteiger partial charge in [0.05, 0.1) is 7.11 Å². The Morgan fingerprint density at radius 3 is 2.61 bits per heavy atom. The van der Waals surface area contributed by atoms with Gasteiger partial charge in [-0.2, -0.15) is 4.89 Å². The van der Waals surface area contributed by atoms with Crippen molar-refractivity contribution in [2.45, 2.75) is 19.8 Å². The first-order chi connectivity index (χ1) is 11.2. The van der Waals surface area contributed by atoms with E-state index in [1.165, 1.54) is 5.23 Å². The highest BCUT2D eigenvalue weighted by atomic mass is 127. The van der Waals surface area contributed by atoms with E-state index in [2.05, 4.69) is 22.6 Å². The first kappa shape index (κ1) is 16.3. The van der Waals surface area contributed by atoms with Gasteiger partial charge in [-0.15, -0.1) is 0 Å². The number of rotatable bonds is 5. The fourth-order valence-corrected chi connectivity index (χ4v) is 2.67. The van der Waals surface area contributed by atoms with Crippen molar-refractivity contribution in [1.29, 1.82) is 0 Å². The Kier molecular flexibility index (Phi) is 5.21. The van der Waals surface area contributed by atoms with Gasteiger partial charge in [0.15, 0.2) is 11.5 Å². The first-order valence-corrected chi connectivity index (χ1v) is 8.10. The molecule has 1 unspecified atom stereocenters. The van der Waals surface area contributed by atoms with Crippen molar-refractivity contribution in [3.05, 3.63) is 51.6 Å². The lowest BCUT2D eigenvalue weighted by atomic mass is 10.2. The van der Waals surface area contributed by atoms with Gasteiger partial charge < -0.3 is 9.47 Å². The van der Waals surface area contributed by atoms with Crippen LogP contribution < -0.4 is 14.7 Å². The Morgan fingerprint density at radius 1 is 1.17 bits per heavy atom. The Hall–Kier alpha value is -1.55. The summed E-state index contributed by atoms with van der Waals surface area (Å²) in [7, 11) is 1.61. The zero-order valence-corrected chi connectivity index (χ0v) is 14.8. The van der Waals surface area contributed by atoms with Crippen molar-refractivity contribution in [2.24, 2.45) is 0 Å². The Labute approximate surface area is 147 Å². The fourth-order valence-electron chi connectivity index (χ4n) is 2.04. The van der Waals surface area contributed by atoms with Crippen molar-refractivity contribution >= 4 is 28.3 Å². The van der Waals surface area contributed by atoms with Crippen LogP contribution in [0.4, 0.5) is 5.69 Å². The third kappa shape index (κ3) is 3.86. The molecule has 3 rings (SSSR count). The van der Waals surface area contributed by atoms with Gasteiger partial charge in [-0.3, -0.25) is 0 Å². The monoisotopic (exact) mass is 429 g/mol. The largest absolute Gasteiger partial charge is 0.493 e. The number of methoxy groups -OCH3 is 1. The first-order valence-electron chi connectivity index (χ1n) is 7.02. The van der Waals surface area contributed by atoms with E-state index in [4.69, 9.17) is 24.2 Å². The van der Waals surface area contributed by atoms with Crippen LogP contribution in [0, 0.1) is 3.57 Å². The SMILES string of the molecule is COc1cc(I)c(N2OOC(C)O2)cc1OCc1ccccc1. The van der Waals surface area contributed by atoms with Gasteiger partial charge in [-0.05, 0) is 41.1 Å². The second-order valence-corrected chi connectivity index (χ2v) is 5.99. The summed E-state index contributed by atoms with van der Waals surface area (Å²) in [6.07, 6.45) is -0.471. The van der Waals surface area contributed by atoms with Crippen LogP contribution in [0.25, 0.3) is 0 Å². The normalized spacial score (nSPS) is 17.3. The van der Waals surface area contributed by atoms with Crippen molar-refractivity contribution < 1.29 is 24.2 Å². The number of nitrogens with zero attached hydrogens (tertiary/aromatic N) is 1. The Bertz CT molecular complexity index is 667. The zero-order valence-electron chi connectivity index (χ0n) is 12.7. The molecule has 1 aliphatic rings. The van der Waals surface area contributed by atoms with Gasteiger partial charge in [-0.1, -0.05) is 40.5 Å². The number of ether oxygens (including phenoxy) is 2. The standard InChI is InChI=1S/C16H16INO5/c1-11-21-18(23-22-11)14-9-16(15(19-2)8-13(14)17)20-10-12-6-4-3-5-7-12/h3-9,11H,10H2,1-2H3. The van der Waals surface area contributed by atoms with Crippen LogP contribution in [-0.2, 0) is 21.3 Å². The van der Waals surface area contributed by atoms with Crippen molar-refractivity contribution in [3.63, 3.8) is 0 Å². The van der Waals surface area contributed by atoms with Gasteiger partial charge in [0.25, 0.3) is 0 Å². The van der Waals surface area contributed by atoms with Crippen molar-refractivity contribution in [1.82, 2.24) is 0 Å². The molecule has 6 nitrogen and oxygen atoms in total. The molecule has 0 radical (unpaired) electrons. The zero-order chi connectivity index (χ0) is 16.2. The molecule has 7 heteroatoms. The van der Waals surface area contributed by atoms with E-state index in [0.717, 1.165) is 9.13 Å². The highest BCUT2D eigenvalue weighted by Crippen LogP contribution is 2.38. The number of hydrogen-bond donors (Lipinski definition) is 0. The van der Waals surface area contributed by atoms with Crippen LogP contribution in [0.15, 0.2) is 42.5 Å². The predicted octanol–water partition coefficient (Wildman–Crippen LogP) is 3.84. The number of anilines is 1. The van der Waals surface area contributed by atoms with E-state index in [-0.39, 0.29) is 0 Å². The van der Waals surface area contributed by atoms with Gasteiger partial charge >= 0.3 is 0 Å². The molecule has 0 amide bonds. The van der Waals surface area contributed by atoms with Crippen molar-refractivity contribution in [2.75, 3.05) is 12.3 Å². The summed E-state index contributed by atoms with van der Waals surface area (Å²) in [5, 5.41) is 1.22. The summed E-state index contributed by atoms with van der Waals surface area (Å²) in [6, 6.07) is 13.6. The summed E-state index contributed by atoms with van der Waals surface area (Å²) in [5.41, 5.74) is 1.75. The highest BCUT2D eigenvalue weighted by Gasteiger charge is 2.26. The number of hydrogen-bond acceptors (Lipinski definition) is 6. The number of halogens is 1. The van der Waals surface area contributed by atoms with Crippen molar-refractivity contribution in [3.8, 4) is 11.5 Å². The van der Waals surface area contributed by atoms with Crippen LogP contribution >= 0.6 is 22.6 Å². The van der Waals surface area contributed by atoms with Gasteiger partial charge in [0.2, 0.25) is 6.29 Å². The quantitative estimate of drug-likeness (QED) is 0.532. The van der Waals surface area contributed by atoms with E-state index in [1.807, 2.05) is 36.4 Å². The Balaban J connectivity index is 1.83. The maximum Gasteiger partial charge on any atom is 0.219 e. The van der Waals surface area contributed by atoms with E-state index < -0.39 is 6.29 Å². The molecule has 1 saturated heterocycles. The predicted molar refractivity (Wildman–Crippen MR) is 91.7 cm³/mol. The highest BCUT2D eigenvalue weighted by molar-refractivity contribution is 14.1. The summed E-state index contributed by atoms with van der Waals surface area (Å²) in [6.45, 7) is 2.18. The van der Waals surface area contributed by atoms with Crippen LogP contribution in [-0.4, -0.2) is 13.4 Å². The average molecular weight is 429 g/mol. The maximum absolute atomic E-state index is 5.89. The molecule has 0 saturated carbocycles. The third-order valence-electron chi connectivity index (χ3n) is 3.16. The lowest BCUT2D eigenvalue weighted by molar-refractivity contribution is -0.280. The topological polar surface area (TPSA) is 49.4 Å². The molecule has 2 aromatic carbocycles. The smallest absolute Gasteiger partial charge is 0.219 e. The molecule has 122 valence electrons. The van der Waals surface area contributed by atoms with Crippen LogP contribution in [0.1, 0.15) is 12.5 Å². The molecule has 1 aliphatic heterocycles. The van der Waals surface area contributed by atoms with Crippen LogP contribution in [0.3, 0.4) is 0 Å². The summed E-state index contributed by atoms with van der Waals surface area (Å²) >= 11 is 2.17. The summed E-state index contributed by atoms with van der Waals surface area (Å²) < 4.78 is 12.2. The van der Waals surface area contributed by atoms with E-state index in [1.54, 1.807) is 20.1 Å². The van der Waals surface area contributed by atoms with Crippen LogP contribution in [0.5, 0.6) is 11.5 Å². The van der Waals surface area contributed by atoms with Gasteiger partial charge in [0.1, 0.15) is 12.3 Å². The average Bonchev–Trinajstić information content (AvgIpc) is 3.00. The lowest BCUT2D eigenvalue weighted by Gasteiger charge is -2.17. The molecule has 1 heterocycles. The second-order valence-electron chi connectivity index (χ2n) is 4.83. The van der Waals surface area contributed by atoms with Gasteiger partial charge in [-0.25, -0.2) is 4.84 Å². The van der Waals surface area contributed by atoms with Crippen LogP contribution in [0.2, 0.25) is 0 Å². The molecule has 2 aromatic rings. The van der Waals surface area contributed by atoms with E-state index >= 15 is 0 Å². The molecule has 0 bridgehead atoms. The molecule has 0 aliphatic carbocycles. The molecular weight excluding hydrogens is 413 g/mol. The fraction of sp³-hybridized carbons (Fsp3) is 0.250. The summed E-state index contributed by atoms with van der Waals surface area (Å²) in [5.74, 6) is 1.24.